The van der Waals surface area contributed by atoms with Crippen molar-refractivity contribution in [2.45, 2.75) is 80.7 Å². The van der Waals surface area contributed by atoms with Crippen LogP contribution in [0.5, 0.6) is 0 Å². The van der Waals surface area contributed by atoms with Gasteiger partial charge in [0.25, 0.3) is 0 Å². The first-order valence-electron chi connectivity index (χ1n) is 21.0. The third-order valence-electron chi connectivity index (χ3n) is 15.6. The van der Waals surface area contributed by atoms with Gasteiger partial charge in [0.2, 0.25) is 0 Å². The molecule has 8 saturated carbocycles. The van der Waals surface area contributed by atoms with Gasteiger partial charge < -0.3 is 0 Å². The van der Waals surface area contributed by atoms with E-state index in [1.54, 1.807) is 5.57 Å². The first-order valence-corrected chi connectivity index (χ1v) is 23.3. The van der Waals surface area contributed by atoms with Crippen molar-refractivity contribution in [3.8, 4) is 0 Å². The predicted octanol–water partition coefficient (Wildman–Crippen LogP) is 11.9. The largest absolute Gasteiger partial charge is 0.260 e. The molecule has 8 bridgehead atoms. The summed E-state index contributed by atoms with van der Waals surface area (Å²) in [6.45, 7) is 0. The molecule has 13 rings (SSSR count). The zero-order chi connectivity index (χ0) is 35.1. The molecule has 4 heteroatoms. The van der Waals surface area contributed by atoms with Crippen molar-refractivity contribution in [2.24, 2.45) is 53.3 Å². The SMILES string of the molecule is PC(c1ccccn1)(c1ccccn1)C1C=C(c2ccccc2)C(c2ccccc2)=C1CP(C1C2CC3CC(C2)CC1C3)C1C2CC3CC(C2)CC1C3. The number of aromatic nitrogens is 2. The molecular weight excluding hydrogens is 679 g/mol. The fourth-order valence-corrected chi connectivity index (χ4v) is 19.6. The second-order valence-corrected chi connectivity index (χ2v) is 22.0. The number of pyridine rings is 2. The highest BCUT2D eigenvalue weighted by molar-refractivity contribution is 7.59. The van der Waals surface area contributed by atoms with Crippen LogP contribution in [0.15, 0.2) is 121 Å². The Morgan fingerprint density at radius 3 is 1.40 bits per heavy atom. The summed E-state index contributed by atoms with van der Waals surface area (Å²) in [5, 5.41) is -0.496. The van der Waals surface area contributed by atoms with Gasteiger partial charge in [0.15, 0.2) is 0 Å². The molecule has 4 aromatic rings. The Hall–Kier alpha value is -2.92. The molecule has 9 aliphatic carbocycles. The molecule has 0 saturated heterocycles. The highest BCUT2D eigenvalue weighted by Gasteiger charge is 2.58. The molecule has 0 aliphatic heterocycles. The van der Waals surface area contributed by atoms with Crippen LogP contribution in [0, 0.1) is 53.3 Å². The van der Waals surface area contributed by atoms with Gasteiger partial charge in [-0.05, 0) is 181 Å². The van der Waals surface area contributed by atoms with Gasteiger partial charge in [-0.1, -0.05) is 86.8 Å². The highest BCUT2D eigenvalue weighted by atomic mass is 31.1. The standard InChI is InChI=1S/C49H54N2P2/c52-49(44-15-7-9-17-50-44,45-16-8-10-18-51-45)43-29-41(35-11-3-1-4-12-35)46(36-13-5-2-6-14-36)42(43)30-53(47-37-21-31-19-32(23-37)24-38(47)22-31)48-39-25-33-20-34(27-39)28-40(48)26-33/h1-18,29,31-34,37-40,43,47-48H,19-28,30,52H2. The molecule has 270 valence electrons. The molecule has 0 spiro atoms. The molecule has 53 heavy (non-hydrogen) atoms. The van der Waals surface area contributed by atoms with E-state index >= 15 is 0 Å². The van der Waals surface area contributed by atoms with Crippen molar-refractivity contribution in [2.75, 3.05) is 6.16 Å². The fourth-order valence-electron chi connectivity index (χ4n) is 14.2. The Morgan fingerprint density at radius 1 is 0.528 bits per heavy atom. The van der Waals surface area contributed by atoms with Gasteiger partial charge in [0.05, 0.1) is 16.5 Å². The van der Waals surface area contributed by atoms with Gasteiger partial charge in [-0.15, -0.1) is 9.24 Å². The molecule has 2 nitrogen and oxygen atoms in total. The van der Waals surface area contributed by atoms with Gasteiger partial charge in [0.1, 0.15) is 0 Å². The van der Waals surface area contributed by atoms with Crippen LogP contribution in [0.3, 0.4) is 0 Å². The van der Waals surface area contributed by atoms with Crippen LogP contribution in [-0.2, 0) is 5.16 Å². The molecule has 9 aliphatic rings. The molecule has 2 aromatic carbocycles. The molecule has 0 radical (unpaired) electrons. The van der Waals surface area contributed by atoms with E-state index in [4.69, 9.17) is 9.97 Å². The van der Waals surface area contributed by atoms with Gasteiger partial charge in [0, 0.05) is 18.3 Å². The van der Waals surface area contributed by atoms with E-state index in [0.717, 1.165) is 70.0 Å². The van der Waals surface area contributed by atoms with Crippen LogP contribution < -0.4 is 0 Å². The maximum absolute atomic E-state index is 5.17. The molecule has 2 aromatic heterocycles. The molecule has 2 heterocycles. The average molecular weight is 733 g/mol. The lowest BCUT2D eigenvalue weighted by atomic mass is 9.55. The van der Waals surface area contributed by atoms with Gasteiger partial charge in [-0.25, -0.2) is 0 Å². The van der Waals surface area contributed by atoms with Crippen LogP contribution in [0.25, 0.3) is 11.1 Å². The predicted molar refractivity (Wildman–Crippen MR) is 224 cm³/mol. The first-order chi connectivity index (χ1) is 26.1. The van der Waals surface area contributed by atoms with Crippen LogP contribution >= 0.6 is 17.2 Å². The van der Waals surface area contributed by atoms with E-state index < -0.39 is 5.16 Å². The number of allylic oxidation sites excluding steroid dienone is 4. The van der Waals surface area contributed by atoms with E-state index in [1.165, 1.54) is 92.6 Å². The van der Waals surface area contributed by atoms with E-state index in [-0.39, 0.29) is 13.8 Å². The normalized spacial score (nSPS) is 35.9. The van der Waals surface area contributed by atoms with Crippen LogP contribution in [-0.4, -0.2) is 27.4 Å². The maximum atomic E-state index is 5.17. The van der Waals surface area contributed by atoms with Gasteiger partial charge >= 0.3 is 0 Å². The highest BCUT2D eigenvalue weighted by Crippen LogP contribution is 2.72. The van der Waals surface area contributed by atoms with E-state index in [2.05, 4.69) is 112 Å². The minimum atomic E-state index is -0.496. The van der Waals surface area contributed by atoms with E-state index in [9.17, 15) is 0 Å². The zero-order valence-corrected chi connectivity index (χ0v) is 33.1. The van der Waals surface area contributed by atoms with Crippen molar-refractivity contribution in [3.63, 3.8) is 0 Å². The summed E-state index contributed by atoms with van der Waals surface area (Å²) >= 11 is 0. The summed E-state index contributed by atoms with van der Waals surface area (Å²) in [7, 11) is 3.18. The van der Waals surface area contributed by atoms with Crippen molar-refractivity contribution in [1.29, 1.82) is 0 Å². The molecule has 2 atom stereocenters. The van der Waals surface area contributed by atoms with Gasteiger partial charge in [-0.3, -0.25) is 9.97 Å². The lowest BCUT2D eigenvalue weighted by Crippen LogP contribution is -2.53. The number of nitrogens with zero attached hydrogens (tertiary/aromatic N) is 2. The second kappa shape index (κ2) is 13.4. The van der Waals surface area contributed by atoms with Crippen molar-refractivity contribution in [1.82, 2.24) is 9.97 Å². The van der Waals surface area contributed by atoms with Crippen molar-refractivity contribution >= 4 is 28.3 Å². The third kappa shape index (κ3) is 5.62. The topological polar surface area (TPSA) is 25.8 Å². The number of hydrogen-bond acceptors (Lipinski definition) is 2. The average Bonchev–Trinajstić information content (AvgIpc) is 3.57. The third-order valence-corrected chi connectivity index (χ3v) is 20.5. The minimum Gasteiger partial charge on any atom is -0.260 e. The Kier molecular flexibility index (Phi) is 8.44. The Balaban J connectivity index is 1.13. The lowest BCUT2D eigenvalue weighted by molar-refractivity contribution is 0.0131. The zero-order valence-electron chi connectivity index (χ0n) is 31.0. The number of benzene rings is 2. The summed E-state index contributed by atoms with van der Waals surface area (Å²) < 4.78 is 0. The summed E-state index contributed by atoms with van der Waals surface area (Å²) in [5.41, 5.74) is 11.4. The first kappa shape index (κ1) is 33.4. The van der Waals surface area contributed by atoms with Crippen molar-refractivity contribution < 1.29 is 0 Å². The maximum Gasteiger partial charge on any atom is 0.0786 e. The monoisotopic (exact) mass is 732 g/mol. The molecule has 0 N–H and O–H groups in total. The molecule has 8 fully saturated rings. The number of rotatable bonds is 9. The Morgan fingerprint density at radius 2 is 0.962 bits per heavy atom. The smallest absolute Gasteiger partial charge is 0.0786 e. The Bertz CT molecular complexity index is 1870. The van der Waals surface area contributed by atoms with Crippen LogP contribution in [0.4, 0.5) is 0 Å². The molecular formula is C49H54N2P2. The minimum absolute atomic E-state index is 0.126. The summed E-state index contributed by atoms with van der Waals surface area (Å²) in [5.74, 6) is 8.04. The molecule has 0 amide bonds. The van der Waals surface area contributed by atoms with Crippen LogP contribution in [0.1, 0.15) is 86.7 Å². The lowest BCUT2D eigenvalue weighted by Gasteiger charge is -2.62. The second-order valence-electron chi connectivity index (χ2n) is 18.5. The summed E-state index contributed by atoms with van der Waals surface area (Å²) in [6, 6.07) is 35.8. The molecule has 2 unspecified atom stereocenters. The van der Waals surface area contributed by atoms with Gasteiger partial charge in [-0.2, -0.15) is 0 Å². The quantitative estimate of drug-likeness (QED) is 0.160. The summed E-state index contributed by atoms with van der Waals surface area (Å²) in [6.07, 6.45) is 23.2. The van der Waals surface area contributed by atoms with E-state index in [1.807, 2.05) is 12.4 Å². The van der Waals surface area contributed by atoms with Crippen LogP contribution in [0.2, 0.25) is 0 Å². The summed E-state index contributed by atoms with van der Waals surface area (Å²) in [4.78, 5) is 10.3. The number of hydrogen-bond donors (Lipinski definition) is 0. The van der Waals surface area contributed by atoms with Crippen molar-refractivity contribution in [3.05, 3.63) is 144 Å². The van der Waals surface area contributed by atoms with E-state index in [0.29, 0.717) is 0 Å². The fraction of sp³-hybridized carbons (Fsp3) is 0.469. The Labute approximate surface area is 320 Å².